The lowest BCUT2D eigenvalue weighted by molar-refractivity contribution is -0.137. The van der Waals surface area contributed by atoms with Crippen LogP contribution < -0.4 is 4.72 Å². The lowest BCUT2D eigenvalue weighted by atomic mass is 10.1. The van der Waals surface area contributed by atoms with Gasteiger partial charge < -0.3 is 4.55 Å². The summed E-state index contributed by atoms with van der Waals surface area (Å²) in [7, 11) is -4.03. The first kappa shape index (κ1) is 22.2. The zero-order chi connectivity index (χ0) is 22.1. The van der Waals surface area contributed by atoms with Gasteiger partial charge in [0.15, 0.2) is 15.3 Å². The van der Waals surface area contributed by atoms with Crippen LogP contribution in [0.1, 0.15) is 17.5 Å². The van der Waals surface area contributed by atoms with Crippen LogP contribution in [0.3, 0.4) is 0 Å². The minimum Gasteiger partial charge on any atom is -0.593 e. The van der Waals surface area contributed by atoms with Crippen LogP contribution in [-0.4, -0.2) is 28.6 Å². The summed E-state index contributed by atoms with van der Waals surface area (Å²) in [5, 5.41) is 4.13. The summed E-state index contributed by atoms with van der Waals surface area (Å²) in [6.07, 6.45) is -3.99. The monoisotopic (exact) mass is 466 g/mol. The fourth-order valence-electron chi connectivity index (χ4n) is 3.69. The maximum atomic E-state index is 12.9. The van der Waals surface area contributed by atoms with Gasteiger partial charge in [-0.15, -0.1) is 4.72 Å². The molecule has 0 aliphatic carbocycles. The van der Waals surface area contributed by atoms with Gasteiger partial charge in [0.05, 0.1) is 11.6 Å². The van der Waals surface area contributed by atoms with Crippen molar-refractivity contribution in [2.24, 2.45) is 0 Å². The Bertz CT molecular complexity index is 1070. The third-order valence-electron chi connectivity index (χ3n) is 5.28. The van der Waals surface area contributed by atoms with Crippen molar-refractivity contribution in [1.29, 1.82) is 0 Å². The van der Waals surface area contributed by atoms with Crippen LogP contribution in [0.25, 0.3) is 11.1 Å². The molecule has 1 saturated heterocycles. The lowest BCUT2D eigenvalue weighted by Gasteiger charge is -2.21. The first-order valence-electron chi connectivity index (χ1n) is 9.74. The van der Waals surface area contributed by atoms with E-state index in [0.717, 1.165) is 23.3 Å². The number of thiophene rings is 1. The number of rotatable bonds is 6. The van der Waals surface area contributed by atoms with Gasteiger partial charge in [0.25, 0.3) is 0 Å². The van der Waals surface area contributed by atoms with Crippen LogP contribution in [0.2, 0.25) is 0 Å². The Labute approximate surface area is 184 Å². The third kappa shape index (κ3) is 5.42. The van der Waals surface area contributed by atoms with Crippen molar-refractivity contribution in [2.45, 2.75) is 30.1 Å². The van der Waals surface area contributed by atoms with Gasteiger partial charge in [0.1, 0.15) is 0 Å². The van der Waals surface area contributed by atoms with E-state index in [0.29, 0.717) is 32.1 Å². The van der Waals surface area contributed by atoms with Crippen molar-refractivity contribution in [2.75, 3.05) is 13.1 Å². The topological polar surface area (TPSA) is 55.4 Å². The molecule has 1 aromatic heterocycles. The van der Waals surface area contributed by atoms with Gasteiger partial charge >= 0.3 is 6.18 Å². The third-order valence-corrected chi connectivity index (χ3v) is 7.48. The van der Waals surface area contributed by atoms with Crippen molar-refractivity contribution in [3.8, 4) is 11.1 Å². The highest BCUT2D eigenvalue weighted by Crippen LogP contribution is 2.31. The van der Waals surface area contributed by atoms with Crippen molar-refractivity contribution in [3.05, 3.63) is 76.5 Å². The number of halogens is 3. The Balaban J connectivity index is 1.36. The molecule has 164 valence electrons. The predicted octanol–water partition coefficient (Wildman–Crippen LogP) is 5.20. The molecular formula is C22H21F3N2O2S2. The number of nitrogens with one attached hydrogen (secondary N) is 1. The van der Waals surface area contributed by atoms with Crippen molar-refractivity contribution >= 4 is 21.7 Å². The molecule has 1 aliphatic rings. The molecule has 2 aromatic carbocycles. The zero-order valence-corrected chi connectivity index (χ0v) is 18.1. The fraction of sp³-hybridized carbons (Fsp3) is 0.273. The maximum Gasteiger partial charge on any atom is 0.416 e. The van der Waals surface area contributed by atoms with E-state index in [4.69, 9.17) is 0 Å². The minimum absolute atomic E-state index is 0.343. The number of sulfonamides is 1. The summed E-state index contributed by atoms with van der Waals surface area (Å²) < 4.78 is 66.4. The van der Waals surface area contributed by atoms with Crippen LogP contribution in [0, 0.1) is 0 Å². The quantitative estimate of drug-likeness (QED) is 0.508. The number of likely N-dealkylation sites (tertiary alicyclic amines) is 1. The normalized spacial score (nSPS) is 19.4. The Hall–Kier alpha value is -2.04. The second-order valence-corrected chi connectivity index (χ2v) is 10.1. The fourth-order valence-corrected chi connectivity index (χ4v) is 5.66. The molecule has 4 rings (SSSR count). The highest BCUT2D eigenvalue weighted by Gasteiger charge is 2.35. The Morgan fingerprint density at radius 3 is 2.58 bits per heavy atom. The number of hydrogen-bond acceptors (Lipinski definition) is 4. The molecular weight excluding hydrogens is 445 g/mol. The van der Waals surface area contributed by atoms with Gasteiger partial charge in [-0.05, 0) is 52.1 Å². The molecule has 1 fully saturated rings. The van der Waals surface area contributed by atoms with Crippen molar-refractivity contribution < 1.29 is 21.9 Å². The molecule has 2 unspecified atom stereocenters. The summed E-state index contributed by atoms with van der Waals surface area (Å²) in [5.74, 6) is 0. The number of hydrogen-bond donors (Lipinski definition) is 1. The van der Waals surface area contributed by atoms with Gasteiger partial charge in [0.2, 0.25) is 0 Å². The molecule has 1 N–H and O–H groups in total. The Kier molecular flexibility index (Phi) is 6.32. The van der Waals surface area contributed by atoms with E-state index in [1.807, 2.05) is 5.38 Å². The van der Waals surface area contributed by atoms with E-state index in [1.54, 1.807) is 11.3 Å². The first-order valence-corrected chi connectivity index (χ1v) is 12.2. The summed E-state index contributed by atoms with van der Waals surface area (Å²) in [6, 6.07) is 13.8. The summed E-state index contributed by atoms with van der Waals surface area (Å²) in [4.78, 5) is 1.77. The molecule has 0 bridgehead atoms. The predicted molar refractivity (Wildman–Crippen MR) is 115 cm³/mol. The van der Waals surface area contributed by atoms with Gasteiger partial charge in [-0.2, -0.15) is 24.5 Å². The second kappa shape index (κ2) is 8.84. The van der Waals surface area contributed by atoms with Crippen LogP contribution >= 0.6 is 11.3 Å². The largest absolute Gasteiger partial charge is 0.593 e. The molecule has 4 nitrogen and oxygen atoms in total. The second-order valence-electron chi connectivity index (χ2n) is 7.58. The SMILES string of the molecule is O=[S+]([O-])(NC1CCN(Cc2ccc(-c3ccsc3)cc2)C1)c1cccc(C(F)(F)F)c1. The van der Waals surface area contributed by atoms with E-state index in [1.165, 1.54) is 11.6 Å². The number of nitrogens with zero attached hydrogens (tertiary/aromatic N) is 1. The summed E-state index contributed by atoms with van der Waals surface area (Å²) >= 11 is 1.65. The average molecular weight is 467 g/mol. The summed E-state index contributed by atoms with van der Waals surface area (Å²) in [5.41, 5.74) is 2.48. The summed E-state index contributed by atoms with van der Waals surface area (Å²) in [6.45, 7) is 1.90. The molecule has 0 spiro atoms. The van der Waals surface area contributed by atoms with Crippen LogP contribution in [0.15, 0.2) is 70.3 Å². The number of benzene rings is 2. The molecule has 0 radical (unpaired) electrons. The molecule has 3 aromatic rings. The molecule has 9 heteroatoms. The Morgan fingerprint density at radius 1 is 1.13 bits per heavy atom. The van der Waals surface area contributed by atoms with E-state index in [9.17, 15) is 21.9 Å². The van der Waals surface area contributed by atoms with Crippen molar-refractivity contribution in [3.63, 3.8) is 0 Å². The van der Waals surface area contributed by atoms with E-state index >= 15 is 0 Å². The average Bonchev–Trinajstić information content (AvgIpc) is 3.40. The van der Waals surface area contributed by atoms with Crippen LogP contribution in [0.4, 0.5) is 13.2 Å². The minimum atomic E-state index is -4.59. The highest BCUT2D eigenvalue weighted by atomic mass is 32.3. The zero-order valence-electron chi connectivity index (χ0n) is 16.5. The van der Waals surface area contributed by atoms with E-state index < -0.39 is 22.1 Å². The number of alkyl halides is 3. The van der Waals surface area contributed by atoms with Gasteiger partial charge in [0, 0.05) is 25.7 Å². The van der Waals surface area contributed by atoms with Gasteiger partial charge in [-0.25, -0.2) is 0 Å². The van der Waals surface area contributed by atoms with Crippen molar-refractivity contribution in [1.82, 2.24) is 9.62 Å². The molecule has 2 atom stereocenters. The molecule has 0 amide bonds. The van der Waals surface area contributed by atoms with E-state index in [2.05, 4.69) is 45.3 Å². The molecule has 0 saturated carbocycles. The molecule has 31 heavy (non-hydrogen) atoms. The highest BCUT2D eigenvalue weighted by molar-refractivity contribution is 7.95. The maximum absolute atomic E-state index is 12.9. The standard InChI is InChI=1S/C22H21F3N2O2S2/c23-22(24,25)19-2-1-3-21(12-19)31(28,29)26-20-8-10-27(14-20)13-16-4-6-17(7-5-16)18-9-11-30-15-18/h1-7,9,11-12,15,20H,8,10,13-14H2,(H-,26,28,29). The lowest BCUT2D eigenvalue weighted by Crippen LogP contribution is -2.40. The molecule has 2 heterocycles. The Morgan fingerprint density at radius 2 is 1.90 bits per heavy atom. The van der Waals surface area contributed by atoms with Gasteiger partial charge in [-0.3, -0.25) is 4.90 Å². The first-order chi connectivity index (χ1) is 14.7. The van der Waals surface area contributed by atoms with E-state index in [-0.39, 0.29) is 10.9 Å². The smallest absolute Gasteiger partial charge is 0.416 e. The van der Waals surface area contributed by atoms with Crippen LogP contribution in [0.5, 0.6) is 0 Å². The molecule has 1 aliphatic heterocycles. The van der Waals surface area contributed by atoms with Crippen LogP contribution in [-0.2, 0) is 27.3 Å². The van der Waals surface area contributed by atoms with Gasteiger partial charge in [-0.1, -0.05) is 34.5 Å².